The van der Waals surface area contributed by atoms with Gasteiger partial charge in [0, 0.05) is 62.2 Å². The highest BCUT2D eigenvalue weighted by atomic mass is 16.2. The number of pyridine rings is 1. The van der Waals surface area contributed by atoms with Crippen LogP contribution >= 0.6 is 0 Å². The largest absolute Gasteiger partial charge is 0.336 e. The summed E-state index contributed by atoms with van der Waals surface area (Å²) in [7, 11) is 1.88. The molecular formula is C38H37N5O2. The molecule has 0 bridgehead atoms. The van der Waals surface area contributed by atoms with Gasteiger partial charge in [0.25, 0.3) is 0 Å². The lowest BCUT2D eigenvalue weighted by Crippen LogP contribution is -2.52. The number of aryl methyl sites for hydroxylation is 1. The Morgan fingerprint density at radius 2 is 1.62 bits per heavy atom. The molecule has 1 atom stereocenters. The standard InChI is InChI=1S/C38H37N5O2/c1-28-33(25-40-41(28)2)19-20-37(44)43(26-30-15-17-32(18-16-30)35-14-8-9-22-39-35)36(24-29-10-4-3-5-11-29)38(45)42-23-21-31-12-6-7-13-34(31)27-42/h3-20,22,25,36H,21,23-24,26-27H2,1-2H3. The Morgan fingerprint density at radius 1 is 0.889 bits per heavy atom. The molecule has 0 saturated heterocycles. The number of benzene rings is 3. The first-order valence-corrected chi connectivity index (χ1v) is 15.3. The molecule has 0 aliphatic carbocycles. The van der Waals surface area contributed by atoms with Crippen molar-refractivity contribution in [3.8, 4) is 11.3 Å². The fourth-order valence-corrected chi connectivity index (χ4v) is 5.85. The van der Waals surface area contributed by atoms with E-state index < -0.39 is 6.04 Å². The van der Waals surface area contributed by atoms with Crippen LogP contribution in [0, 0.1) is 6.92 Å². The van der Waals surface area contributed by atoms with Gasteiger partial charge in [-0.15, -0.1) is 0 Å². The maximum Gasteiger partial charge on any atom is 0.247 e. The normalized spacial score (nSPS) is 13.4. The Balaban J connectivity index is 1.35. The zero-order valence-electron chi connectivity index (χ0n) is 25.7. The predicted molar refractivity (Wildman–Crippen MR) is 177 cm³/mol. The molecule has 0 fully saturated rings. The summed E-state index contributed by atoms with van der Waals surface area (Å²) in [6, 6.07) is 31.4. The summed E-state index contributed by atoms with van der Waals surface area (Å²) in [5, 5.41) is 4.31. The third-order valence-electron chi connectivity index (χ3n) is 8.60. The summed E-state index contributed by atoms with van der Waals surface area (Å²) in [5.41, 5.74) is 8.07. The van der Waals surface area contributed by atoms with Crippen molar-refractivity contribution >= 4 is 17.9 Å². The van der Waals surface area contributed by atoms with Crippen molar-refractivity contribution in [1.82, 2.24) is 24.6 Å². The molecule has 7 heteroatoms. The fourth-order valence-electron chi connectivity index (χ4n) is 5.85. The minimum absolute atomic E-state index is 0.0437. The van der Waals surface area contributed by atoms with Crippen LogP contribution in [0.15, 0.2) is 116 Å². The first kappa shape index (κ1) is 29.8. The van der Waals surface area contributed by atoms with Gasteiger partial charge in [0.2, 0.25) is 11.8 Å². The molecule has 1 unspecified atom stereocenters. The fraction of sp³-hybridized carbons (Fsp3) is 0.211. The average Bonchev–Trinajstić information content (AvgIpc) is 3.41. The third-order valence-corrected chi connectivity index (χ3v) is 8.60. The van der Waals surface area contributed by atoms with Crippen molar-refractivity contribution in [1.29, 1.82) is 0 Å². The number of fused-ring (bicyclic) bond motifs is 1. The minimum Gasteiger partial charge on any atom is -0.336 e. The van der Waals surface area contributed by atoms with Gasteiger partial charge in [-0.25, -0.2) is 0 Å². The van der Waals surface area contributed by atoms with Gasteiger partial charge in [0.15, 0.2) is 0 Å². The maximum atomic E-state index is 14.5. The van der Waals surface area contributed by atoms with E-state index in [-0.39, 0.29) is 18.4 Å². The molecule has 0 saturated carbocycles. The molecule has 2 amide bonds. The van der Waals surface area contributed by atoms with E-state index in [0.717, 1.165) is 45.6 Å². The van der Waals surface area contributed by atoms with Crippen LogP contribution < -0.4 is 0 Å². The Kier molecular flexibility index (Phi) is 8.96. The highest BCUT2D eigenvalue weighted by Crippen LogP contribution is 2.24. The monoisotopic (exact) mass is 595 g/mol. The molecule has 2 aromatic heterocycles. The van der Waals surface area contributed by atoms with E-state index in [0.29, 0.717) is 19.5 Å². The average molecular weight is 596 g/mol. The van der Waals surface area contributed by atoms with Crippen LogP contribution in [-0.2, 0) is 42.6 Å². The summed E-state index contributed by atoms with van der Waals surface area (Å²) < 4.78 is 1.78. The van der Waals surface area contributed by atoms with Gasteiger partial charge in [-0.05, 0) is 53.8 Å². The Labute approximate surface area is 264 Å². The molecule has 3 heterocycles. The quantitative estimate of drug-likeness (QED) is 0.195. The minimum atomic E-state index is -0.694. The lowest BCUT2D eigenvalue weighted by molar-refractivity contribution is -0.144. The Hall–Kier alpha value is -5.30. The predicted octanol–water partition coefficient (Wildman–Crippen LogP) is 6.03. The topological polar surface area (TPSA) is 71.3 Å². The molecular weight excluding hydrogens is 558 g/mol. The Bertz CT molecular complexity index is 1800. The zero-order chi connectivity index (χ0) is 31.2. The highest BCUT2D eigenvalue weighted by Gasteiger charge is 2.34. The molecule has 45 heavy (non-hydrogen) atoms. The molecule has 3 aromatic carbocycles. The molecule has 0 spiro atoms. The van der Waals surface area contributed by atoms with Crippen LogP contribution in [0.1, 0.15) is 33.5 Å². The van der Waals surface area contributed by atoms with E-state index in [1.807, 2.05) is 104 Å². The van der Waals surface area contributed by atoms with E-state index in [9.17, 15) is 9.59 Å². The lowest BCUT2D eigenvalue weighted by atomic mass is 9.97. The summed E-state index contributed by atoms with van der Waals surface area (Å²) in [5.74, 6) is -0.267. The number of nitrogens with zero attached hydrogens (tertiary/aromatic N) is 5. The van der Waals surface area contributed by atoms with Gasteiger partial charge in [-0.1, -0.05) is 84.9 Å². The number of hydrogen-bond donors (Lipinski definition) is 0. The number of carbonyl (C=O) groups excluding carboxylic acids is 2. The van der Waals surface area contributed by atoms with Gasteiger partial charge in [0.05, 0.1) is 11.9 Å². The van der Waals surface area contributed by atoms with Crippen molar-refractivity contribution < 1.29 is 9.59 Å². The summed E-state index contributed by atoms with van der Waals surface area (Å²) in [6.45, 7) is 3.40. The van der Waals surface area contributed by atoms with Crippen molar-refractivity contribution in [2.75, 3.05) is 6.54 Å². The van der Waals surface area contributed by atoms with Gasteiger partial charge >= 0.3 is 0 Å². The lowest BCUT2D eigenvalue weighted by Gasteiger charge is -2.37. The molecule has 0 N–H and O–H groups in total. The van der Waals surface area contributed by atoms with Crippen molar-refractivity contribution in [2.45, 2.75) is 38.9 Å². The second kappa shape index (κ2) is 13.6. The highest BCUT2D eigenvalue weighted by molar-refractivity contribution is 5.96. The van der Waals surface area contributed by atoms with Crippen molar-refractivity contribution in [3.63, 3.8) is 0 Å². The number of hydrogen-bond acceptors (Lipinski definition) is 4. The Morgan fingerprint density at radius 3 is 2.33 bits per heavy atom. The zero-order valence-corrected chi connectivity index (χ0v) is 25.7. The van der Waals surface area contributed by atoms with Crippen LogP contribution in [0.4, 0.5) is 0 Å². The van der Waals surface area contributed by atoms with Gasteiger partial charge < -0.3 is 9.80 Å². The molecule has 1 aliphatic rings. The smallest absolute Gasteiger partial charge is 0.247 e. The second-order valence-electron chi connectivity index (χ2n) is 11.5. The first-order chi connectivity index (χ1) is 22.0. The maximum absolute atomic E-state index is 14.5. The molecule has 1 aliphatic heterocycles. The molecule has 5 aromatic rings. The van der Waals surface area contributed by atoms with E-state index in [2.05, 4.69) is 22.2 Å². The molecule has 0 radical (unpaired) electrons. The van der Waals surface area contributed by atoms with E-state index >= 15 is 0 Å². The van der Waals surface area contributed by atoms with E-state index in [1.54, 1.807) is 34.1 Å². The number of carbonyl (C=O) groups is 2. The molecule has 7 nitrogen and oxygen atoms in total. The number of aromatic nitrogens is 3. The van der Waals surface area contributed by atoms with Crippen molar-refractivity contribution in [2.24, 2.45) is 7.05 Å². The summed E-state index contributed by atoms with van der Waals surface area (Å²) in [4.78, 5) is 36.8. The van der Waals surface area contributed by atoms with Crippen LogP contribution in [0.3, 0.4) is 0 Å². The van der Waals surface area contributed by atoms with Crippen LogP contribution in [0.2, 0.25) is 0 Å². The SMILES string of the molecule is Cc1c(C=CC(=O)N(Cc2ccc(-c3ccccn3)cc2)C(Cc2ccccc2)C(=O)N2CCc3ccccc3C2)cnn1C. The summed E-state index contributed by atoms with van der Waals surface area (Å²) in [6.07, 6.45) is 8.10. The molecule has 6 rings (SSSR count). The van der Waals surface area contributed by atoms with Crippen LogP contribution in [0.25, 0.3) is 17.3 Å². The molecule has 226 valence electrons. The van der Waals surface area contributed by atoms with Gasteiger partial charge in [-0.2, -0.15) is 5.10 Å². The van der Waals surface area contributed by atoms with E-state index in [4.69, 9.17) is 0 Å². The van der Waals surface area contributed by atoms with Gasteiger partial charge in [0.1, 0.15) is 6.04 Å². The number of rotatable bonds is 9. The van der Waals surface area contributed by atoms with Crippen LogP contribution in [-0.4, -0.2) is 49.0 Å². The van der Waals surface area contributed by atoms with Crippen LogP contribution in [0.5, 0.6) is 0 Å². The van der Waals surface area contributed by atoms with Gasteiger partial charge in [-0.3, -0.25) is 19.3 Å². The third kappa shape index (κ3) is 6.93. The number of amides is 2. The summed E-state index contributed by atoms with van der Waals surface area (Å²) >= 11 is 0. The first-order valence-electron chi connectivity index (χ1n) is 15.3. The van der Waals surface area contributed by atoms with Crippen molar-refractivity contribution in [3.05, 3.63) is 149 Å². The van der Waals surface area contributed by atoms with E-state index in [1.165, 1.54) is 5.56 Å². The second-order valence-corrected chi connectivity index (χ2v) is 11.5.